The minimum atomic E-state index is 0.359. The molecule has 0 amide bonds. The van der Waals surface area contributed by atoms with Gasteiger partial charge in [0.2, 0.25) is 0 Å². The molecule has 3 heteroatoms. The molecule has 0 aliphatic heterocycles. The zero-order valence-corrected chi connectivity index (χ0v) is 11.3. The largest absolute Gasteiger partial charge is 0.468 e. The normalized spacial score (nSPS) is 15.1. The number of rotatable bonds is 8. The Bertz CT molecular complexity index is 361. The fourth-order valence-corrected chi connectivity index (χ4v) is 1.68. The lowest BCUT2D eigenvalue weighted by Crippen LogP contribution is -2.21. The lowest BCUT2D eigenvalue weighted by Gasteiger charge is -2.10. The van der Waals surface area contributed by atoms with E-state index >= 15 is 0 Å². The van der Waals surface area contributed by atoms with E-state index in [1.54, 1.807) is 0 Å². The van der Waals surface area contributed by atoms with Crippen molar-refractivity contribution in [3.8, 4) is 5.75 Å². The van der Waals surface area contributed by atoms with Gasteiger partial charge in [0.1, 0.15) is 5.75 Å². The summed E-state index contributed by atoms with van der Waals surface area (Å²) in [5.41, 5.74) is 1.24. The van der Waals surface area contributed by atoms with Crippen molar-refractivity contribution in [3.63, 3.8) is 0 Å². The Kier molecular flexibility index (Phi) is 5.02. The summed E-state index contributed by atoms with van der Waals surface area (Å²) in [6.07, 6.45) is 2.63. The molecule has 0 heterocycles. The lowest BCUT2D eigenvalue weighted by molar-refractivity contribution is 0.00994. The van der Waals surface area contributed by atoms with Crippen LogP contribution in [0.5, 0.6) is 5.75 Å². The average Bonchev–Trinajstić information content (AvgIpc) is 3.17. The molecule has 1 saturated carbocycles. The first-order valence-corrected chi connectivity index (χ1v) is 6.77. The molecule has 1 aliphatic rings. The average molecular weight is 249 g/mol. The molecule has 0 bridgehead atoms. The molecule has 0 aromatic heterocycles. The zero-order valence-electron chi connectivity index (χ0n) is 11.3. The van der Waals surface area contributed by atoms with E-state index in [9.17, 15) is 0 Å². The Labute approximate surface area is 109 Å². The van der Waals surface area contributed by atoms with Gasteiger partial charge in [-0.05, 0) is 36.5 Å². The highest BCUT2D eigenvalue weighted by Gasteiger charge is 2.21. The van der Waals surface area contributed by atoms with Gasteiger partial charge in [-0.15, -0.1) is 0 Å². The van der Waals surface area contributed by atoms with Crippen molar-refractivity contribution in [1.82, 2.24) is 5.32 Å². The number of ether oxygens (including phenoxy) is 2. The van der Waals surface area contributed by atoms with Gasteiger partial charge in [-0.1, -0.05) is 26.0 Å². The summed E-state index contributed by atoms with van der Waals surface area (Å²) < 4.78 is 11.0. The summed E-state index contributed by atoms with van der Waals surface area (Å²) in [4.78, 5) is 0. The van der Waals surface area contributed by atoms with E-state index < -0.39 is 0 Å². The van der Waals surface area contributed by atoms with Crippen molar-refractivity contribution >= 4 is 0 Å². The molecular weight excluding hydrogens is 226 g/mol. The molecular formula is C15H23NO2. The van der Waals surface area contributed by atoms with Gasteiger partial charge < -0.3 is 14.8 Å². The molecule has 1 aromatic carbocycles. The molecule has 18 heavy (non-hydrogen) atoms. The van der Waals surface area contributed by atoms with Crippen molar-refractivity contribution in [2.75, 3.05) is 13.4 Å². The quantitative estimate of drug-likeness (QED) is 0.567. The van der Waals surface area contributed by atoms with E-state index in [1.165, 1.54) is 18.4 Å². The minimum Gasteiger partial charge on any atom is -0.468 e. The van der Waals surface area contributed by atoms with Crippen LogP contribution < -0.4 is 10.1 Å². The Hall–Kier alpha value is -1.06. The Morgan fingerprint density at radius 2 is 2.17 bits per heavy atom. The molecule has 2 rings (SSSR count). The molecule has 100 valence electrons. The first kappa shape index (κ1) is 13.4. The summed E-state index contributed by atoms with van der Waals surface area (Å²) in [6, 6.07) is 8.66. The highest BCUT2D eigenvalue weighted by atomic mass is 16.7. The standard InChI is InChI=1S/C15H23NO2/c1-12(2)16-9-14-4-3-5-15(8-14)18-11-17-10-13-6-7-13/h3-5,8,12-13,16H,6-7,9-11H2,1-2H3. The van der Waals surface area contributed by atoms with Gasteiger partial charge >= 0.3 is 0 Å². The van der Waals surface area contributed by atoms with Crippen LogP contribution >= 0.6 is 0 Å². The molecule has 1 fully saturated rings. The van der Waals surface area contributed by atoms with Crippen LogP contribution in [0, 0.1) is 5.92 Å². The van der Waals surface area contributed by atoms with E-state index in [1.807, 2.05) is 12.1 Å². The van der Waals surface area contributed by atoms with Crippen molar-refractivity contribution in [3.05, 3.63) is 29.8 Å². The molecule has 1 N–H and O–H groups in total. The third-order valence-corrected chi connectivity index (χ3v) is 2.97. The molecule has 3 nitrogen and oxygen atoms in total. The summed E-state index contributed by atoms with van der Waals surface area (Å²) in [5.74, 6) is 1.67. The maximum atomic E-state index is 5.58. The van der Waals surface area contributed by atoms with Crippen LogP contribution in [0.25, 0.3) is 0 Å². The van der Waals surface area contributed by atoms with E-state index in [-0.39, 0.29) is 0 Å². The van der Waals surface area contributed by atoms with Gasteiger partial charge in [0.25, 0.3) is 0 Å². The van der Waals surface area contributed by atoms with Gasteiger partial charge in [-0.3, -0.25) is 0 Å². The lowest BCUT2D eigenvalue weighted by atomic mass is 10.2. The van der Waals surface area contributed by atoms with E-state index in [2.05, 4.69) is 31.3 Å². The van der Waals surface area contributed by atoms with Crippen LogP contribution in [0.3, 0.4) is 0 Å². The van der Waals surface area contributed by atoms with Crippen LogP contribution in [0.15, 0.2) is 24.3 Å². The second-order valence-corrected chi connectivity index (χ2v) is 5.26. The molecule has 1 aromatic rings. The van der Waals surface area contributed by atoms with Crippen LogP contribution in [-0.4, -0.2) is 19.4 Å². The second-order valence-electron chi connectivity index (χ2n) is 5.26. The minimum absolute atomic E-state index is 0.359. The predicted molar refractivity (Wildman–Crippen MR) is 72.6 cm³/mol. The van der Waals surface area contributed by atoms with E-state index in [0.717, 1.165) is 24.8 Å². The fourth-order valence-electron chi connectivity index (χ4n) is 1.68. The Morgan fingerprint density at radius 1 is 1.33 bits per heavy atom. The highest BCUT2D eigenvalue weighted by Crippen LogP contribution is 2.28. The van der Waals surface area contributed by atoms with Crippen LogP contribution in [0.4, 0.5) is 0 Å². The third kappa shape index (κ3) is 5.07. The van der Waals surface area contributed by atoms with Crippen LogP contribution in [0.2, 0.25) is 0 Å². The summed E-state index contributed by atoms with van der Waals surface area (Å²) in [7, 11) is 0. The first-order chi connectivity index (χ1) is 8.74. The number of hydrogen-bond donors (Lipinski definition) is 1. The number of hydrogen-bond acceptors (Lipinski definition) is 3. The van der Waals surface area contributed by atoms with Crippen molar-refractivity contribution < 1.29 is 9.47 Å². The number of nitrogens with one attached hydrogen (secondary N) is 1. The maximum absolute atomic E-state index is 5.58. The predicted octanol–water partition coefficient (Wildman–Crippen LogP) is 2.95. The van der Waals surface area contributed by atoms with E-state index in [0.29, 0.717) is 12.8 Å². The van der Waals surface area contributed by atoms with Gasteiger partial charge in [-0.2, -0.15) is 0 Å². The van der Waals surface area contributed by atoms with Gasteiger partial charge in [0.05, 0.1) is 6.61 Å². The Balaban J connectivity index is 1.71. The van der Waals surface area contributed by atoms with Crippen molar-refractivity contribution in [2.45, 2.75) is 39.3 Å². The summed E-state index contributed by atoms with van der Waals surface area (Å²) in [6.45, 7) is 6.36. The van der Waals surface area contributed by atoms with E-state index in [4.69, 9.17) is 9.47 Å². The number of benzene rings is 1. The molecule has 0 radical (unpaired) electrons. The summed E-state index contributed by atoms with van der Waals surface area (Å²) in [5, 5.41) is 3.39. The topological polar surface area (TPSA) is 30.5 Å². The monoisotopic (exact) mass is 249 g/mol. The van der Waals surface area contributed by atoms with Crippen molar-refractivity contribution in [2.24, 2.45) is 5.92 Å². The maximum Gasteiger partial charge on any atom is 0.189 e. The molecule has 0 spiro atoms. The fraction of sp³-hybridized carbons (Fsp3) is 0.600. The SMILES string of the molecule is CC(C)NCc1cccc(OCOCC2CC2)c1. The van der Waals surface area contributed by atoms with Gasteiger partial charge in [-0.25, -0.2) is 0 Å². The third-order valence-electron chi connectivity index (χ3n) is 2.97. The van der Waals surface area contributed by atoms with Crippen LogP contribution in [0.1, 0.15) is 32.3 Å². The Morgan fingerprint density at radius 3 is 2.89 bits per heavy atom. The molecule has 0 atom stereocenters. The van der Waals surface area contributed by atoms with Crippen LogP contribution in [-0.2, 0) is 11.3 Å². The van der Waals surface area contributed by atoms with Crippen molar-refractivity contribution in [1.29, 1.82) is 0 Å². The smallest absolute Gasteiger partial charge is 0.189 e. The second kappa shape index (κ2) is 6.76. The molecule has 0 unspecified atom stereocenters. The van der Waals surface area contributed by atoms with Gasteiger partial charge in [0, 0.05) is 12.6 Å². The first-order valence-electron chi connectivity index (χ1n) is 6.77. The highest BCUT2D eigenvalue weighted by molar-refractivity contribution is 5.28. The molecule has 0 saturated heterocycles. The summed E-state index contributed by atoms with van der Waals surface area (Å²) >= 11 is 0. The van der Waals surface area contributed by atoms with Gasteiger partial charge in [0.15, 0.2) is 6.79 Å². The zero-order chi connectivity index (χ0) is 12.8. The molecule has 1 aliphatic carbocycles.